The van der Waals surface area contributed by atoms with Gasteiger partial charge in [-0.15, -0.1) is 0 Å². The van der Waals surface area contributed by atoms with Crippen LogP contribution in [0.4, 0.5) is 0 Å². The van der Waals surface area contributed by atoms with Crippen molar-refractivity contribution in [2.24, 2.45) is 5.41 Å². The van der Waals surface area contributed by atoms with Gasteiger partial charge in [0.25, 0.3) is 0 Å². The van der Waals surface area contributed by atoms with Crippen LogP contribution in [0.25, 0.3) is 0 Å². The lowest BCUT2D eigenvalue weighted by Crippen LogP contribution is -2.33. The molecule has 1 atom stereocenters. The lowest BCUT2D eigenvalue weighted by Gasteiger charge is -2.18. The summed E-state index contributed by atoms with van der Waals surface area (Å²) in [7, 11) is 0. The molecule has 0 spiro atoms. The van der Waals surface area contributed by atoms with Crippen molar-refractivity contribution in [3.8, 4) is 0 Å². The molecule has 1 aliphatic carbocycles. The second-order valence-electron chi connectivity index (χ2n) is 5.97. The van der Waals surface area contributed by atoms with E-state index in [2.05, 4.69) is 43.4 Å². The Bertz CT molecular complexity index is 384. The number of aliphatic hydroxyl groups excluding tert-OH is 1. The van der Waals surface area contributed by atoms with Gasteiger partial charge >= 0.3 is 0 Å². The zero-order chi connectivity index (χ0) is 13.0. The van der Waals surface area contributed by atoms with Gasteiger partial charge in [-0.2, -0.15) is 0 Å². The number of aliphatic hydroxyl groups is 1. The molecule has 2 heteroatoms. The fourth-order valence-corrected chi connectivity index (χ4v) is 2.31. The summed E-state index contributed by atoms with van der Waals surface area (Å²) in [5.41, 5.74) is 2.98. The third kappa shape index (κ3) is 3.82. The molecule has 2 N–H and O–H groups in total. The molecule has 0 bridgehead atoms. The van der Waals surface area contributed by atoms with E-state index in [1.54, 1.807) is 0 Å². The summed E-state index contributed by atoms with van der Waals surface area (Å²) in [6.07, 6.45) is 4.65. The third-order valence-electron chi connectivity index (χ3n) is 4.07. The van der Waals surface area contributed by atoms with Crippen LogP contribution in [0.1, 0.15) is 37.3 Å². The second kappa shape index (κ2) is 5.85. The van der Waals surface area contributed by atoms with Crippen LogP contribution in [0.2, 0.25) is 0 Å². The molecule has 0 amide bonds. The number of nitrogens with one attached hydrogen (secondary N) is 1. The smallest absolute Gasteiger partial charge is 0.0499 e. The minimum atomic E-state index is 0.220. The summed E-state index contributed by atoms with van der Waals surface area (Å²) in [6, 6.07) is 9.27. The Morgan fingerprint density at radius 1 is 1.39 bits per heavy atom. The molecule has 1 unspecified atom stereocenters. The van der Waals surface area contributed by atoms with Gasteiger partial charge in [-0.1, -0.05) is 29.8 Å². The molecule has 0 saturated heterocycles. The molecule has 1 aliphatic rings. The van der Waals surface area contributed by atoms with Gasteiger partial charge in [0.05, 0.1) is 0 Å². The maximum absolute atomic E-state index is 9.27. The molecule has 0 heterocycles. The van der Waals surface area contributed by atoms with E-state index in [-0.39, 0.29) is 5.41 Å². The number of rotatable bonds is 7. The minimum absolute atomic E-state index is 0.220. The van der Waals surface area contributed by atoms with Gasteiger partial charge in [-0.05, 0) is 45.1 Å². The Labute approximate surface area is 110 Å². The van der Waals surface area contributed by atoms with E-state index in [1.807, 2.05) is 0 Å². The van der Waals surface area contributed by atoms with E-state index >= 15 is 0 Å². The first kappa shape index (κ1) is 13.6. The van der Waals surface area contributed by atoms with Crippen LogP contribution in [0.3, 0.4) is 0 Å². The summed E-state index contributed by atoms with van der Waals surface area (Å²) in [5.74, 6) is 0. The van der Waals surface area contributed by atoms with Gasteiger partial charge in [-0.25, -0.2) is 0 Å². The van der Waals surface area contributed by atoms with E-state index in [0.717, 1.165) is 19.4 Å². The maximum Gasteiger partial charge on any atom is 0.0499 e. The molecule has 1 fully saturated rings. The van der Waals surface area contributed by atoms with Crippen LogP contribution < -0.4 is 5.32 Å². The van der Waals surface area contributed by atoms with Crippen LogP contribution in [-0.4, -0.2) is 24.3 Å². The van der Waals surface area contributed by atoms with Gasteiger partial charge in [0.2, 0.25) is 0 Å². The summed E-state index contributed by atoms with van der Waals surface area (Å²) in [5, 5.41) is 12.8. The predicted molar refractivity (Wildman–Crippen MR) is 75.7 cm³/mol. The van der Waals surface area contributed by atoms with Crippen LogP contribution in [0.5, 0.6) is 0 Å². The minimum Gasteiger partial charge on any atom is -0.396 e. The second-order valence-corrected chi connectivity index (χ2v) is 5.97. The zero-order valence-corrected chi connectivity index (χ0v) is 11.6. The molecule has 2 rings (SSSR count). The quantitative estimate of drug-likeness (QED) is 0.776. The summed E-state index contributed by atoms with van der Waals surface area (Å²) < 4.78 is 0. The fraction of sp³-hybridized carbons (Fsp3) is 0.625. The highest BCUT2D eigenvalue weighted by atomic mass is 16.3. The molecular formula is C16H25NO. The van der Waals surface area contributed by atoms with Gasteiger partial charge in [0.1, 0.15) is 0 Å². The molecule has 0 aromatic heterocycles. The first-order chi connectivity index (χ1) is 8.63. The number of hydrogen-bond donors (Lipinski definition) is 2. The van der Waals surface area contributed by atoms with Crippen molar-refractivity contribution in [3.63, 3.8) is 0 Å². The average Bonchev–Trinajstić information content (AvgIpc) is 3.15. The highest BCUT2D eigenvalue weighted by Gasteiger charge is 2.41. The Balaban J connectivity index is 1.70. The average molecular weight is 247 g/mol. The molecule has 0 aliphatic heterocycles. The topological polar surface area (TPSA) is 32.3 Å². The van der Waals surface area contributed by atoms with Crippen molar-refractivity contribution < 1.29 is 5.11 Å². The van der Waals surface area contributed by atoms with Crippen molar-refractivity contribution >= 4 is 0 Å². The van der Waals surface area contributed by atoms with Crippen molar-refractivity contribution in [2.75, 3.05) is 13.2 Å². The van der Waals surface area contributed by atoms with E-state index in [0.29, 0.717) is 12.6 Å². The van der Waals surface area contributed by atoms with Gasteiger partial charge in [0.15, 0.2) is 0 Å². The molecular weight excluding hydrogens is 222 g/mol. The van der Waals surface area contributed by atoms with E-state index < -0.39 is 0 Å². The van der Waals surface area contributed by atoms with Crippen molar-refractivity contribution in [1.82, 2.24) is 5.32 Å². The lowest BCUT2D eigenvalue weighted by atomic mass is 10.0. The fourth-order valence-electron chi connectivity index (χ4n) is 2.31. The van der Waals surface area contributed by atoms with Crippen LogP contribution in [0, 0.1) is 12.3 Å². The molecule has 2 nitrogen and oxygen atoms in total. The predicted octanol–water partition coefficient (Wildman–Crippen LogP) is 2.68. The molecule has 1 aromatic carbocycles. The monoisotopic (exact) mass is 247 g/mol. The maximum atomic E-state index is 9.27. The van der Waals surface area contributed by atoms with E-state index in [4.69, 9.17) is 0 Å². The van der Waals surface area contributed by atoms with Gasteiger partial charge < -0.3 is 10.4 Å². The largest absolute Gasteiger partial charge is 0.396 e. The number of aryl methyl sites for hydroxylation is 2. The van der Waals surface area contributed by atoms with Crippen LogP contribution in [-0.2, 0) is 6.42 Å². The Kier molecular flexibility index (Phi) is 4.41. The normalized spacial score (nSPS) is 18.6. The molecule has 100 valence electrons. The Morgan fingerprint density at radius 3 is 2.78 bits per heavy atom. The molecule has 1 aromatic rings. The van der Waals surface area contributed by atoms with Crippen molar-refractivity contribution in [3.05, 3.63) is 35.4 Å². The standard InChI is InChI=1S/C16H25NO/c1-13-4-3-5-15(10-13)7-6-14(2)17-11-16(12-18)8-9-16/h3-5,10,14,17-18H,6-9,11-12H2,1-2H3. The van der Waals surface area contributed by atoms with E-state index in [1.165, 1.54) is 24.0 Å². The van der Waals surface area contributed by atoms with Crippen LogP contribution in [0.15, 0.2) is 24.3 Å². The molecule has 18 heavy (non-hydrogen) atoms. The highest BCUT2D eigenvalue weighted by Crippen LogP contribution is 2.44. The lowest BCUT2D eigenvalue weighted by molar-refractivity contribution is 0.204. The van der Waals surface area contributed by atoms with Crippen molar-refractivity contribution in [2.45, 2.75) is 45.6 Å². The third-order valence-corrected chi connectivity index (χ3v) is 4.07. The Morgan fingerprint density at radius 2 is 2.17 bits per heavy atom. The first-order valence-corrected chi connectivity index (χ1v) is 7.03. The van der Waals surface area contributed by atoms with Crippen LogP contribution >= 0.6 is 0 Å². The molecule has 0 radical (unpaired) electrons. The number of benzene rings is 1. The summed E-state index contributed by atoms with van der Waals surface area (Å²) in [4.78, 5) is 0. The summed E-state index contributed by atoms with van der Waals surface area (Å²) >= 11 is 0. The van der Waals surface area contributed by atoms with Gasteiger partial charge in [-0.3, -0.25) is 0 Å². The zero-order valence-electron chi connectivity index (χ0n) is 11.6. The van der Waals surface area contributed by atoms with Crippen molar-refractivity contribution in [1.29, 1.82) is 0 Å². The highest BCUT2D eigenvalue weighted by molar-refractivity contribution is 5.22. The molecule has 1 saturated carbocycles. The number of hydrogen-bond acceptors (Lipinski definition) is 2. The van der Waals surface area contributed by atoms with E-state index in [9.17, 15) is 5.11 Å². The van der Waals surface area contributed by atoms with Gasteiger partial charge in [0, 0.05) is 24.6 Å². The Hall–Kier alpha value is -0.860. The SMILES string of the molecule is Cc1cccc(CCC(C)NCC2(CO)CC2)c1. The first-order valence-electron chi connectivity index (χ1n) is 7.03. The summed E-state index contributed by atoms with van der Waals surface area (Å²) in [6.45, 7) is 5.69.